The van der Waals surface area contributed by atoms with Crippen molar-refractivity contribution in [1.29, 1.82) is 0 Å². The van der Waals surface area contributed by atoms with Gasteiger partial charge in [-0.1, -0.05) is 6.92 Å². The Hall–Kier alpha value is -1.81. The molecule has 148 valence electrons. The number of ether oxygens (including phenoxy) is 4. The van der Waals surface area contributed by atoms with E-state index in [4.69, 9.17) is 18.9 Å². The minimum absolute atomic E-state index is 0.182. The van der Waals surface area contributed by atoms with E-state index in [1.807, 2.05) is 6.92 Å². The van der Waals surface area contributed by atoms with Crippen LogP contribution in [0.1, 0.15) is 34.6 Å². The Morgan fingerprint density at radius 1 is 0.962 bits per heavy atom. The normalized spacial score (nSPS) is 28.0. The van der Waals surface area contributed by atoms with E-state index in [1.165, 1.54) is 39.5 Å². The van der Waals surface area contributed by atoms with Gasteiger partial charge < -0.3 is 24.3 Å². The Bertz CT molecular complexity index is 540. The summed E-state index contributed by atoms with van der Waals surface area (Å²) in [6, 6.07) is -0.737. The number of hydrogen-bond donors (Lipinski definition) is 1. The molecule has 0 aromatic carbocycles. The van der Waals surface area contributed by atoms with Crippen LogP contribution in [0.3, 0.4) is 0 Å². The molecule has 1 heterocycles. The lowest BCUT2D eigenvalue weighted by Gasteiger charge is -2.45. The van der Waals surface area contributed by atoms with E-state index in [1.54, 1.807) is 0 Å². The van der Waals surface area contributed by atoms with Gasteiger partial charge in [-0.15, -0.1) is 11.8 Å². The smallest absolute Gasteiger partial charge is 0.303 e. The Balaban J connectivity index is 3.22. The van der Waals surface area contributed by atoms with Gasteiger partial charge >= 0.3 is 17.9 Å². The largest absolute Gasteiger partial charge is 0.463 e. The molecule has 5 atom stereocenters. The van der Waals surface area contributed by atoms with Gasteiger partial charge in [-0.3, -0.25) is 19.2 Å². The summed E-state index contributed by atoms with van der Waals surface area (Å²) in [6.07, 6.45) is -2.87. The van der Waals surface area contributed by atoms with Crippen molar-refractivity contribution in [2.45, 2.75) is 64.4 Å². The summed E-state index contributed by atoms with van der Waals surface area (Å²) in [7, 11) is 0. The molecule has 9 nitrogen and oxygen atoms in total. The predicted octanol–water partition coefficient (Wildman–Crippen LogP) is 0.396. The Morgan fingerprint density at radius 2 is 1.54 bits per heavy atom. The molecule has 0 spiro atoms. The molecular weight excluding hydrogens is 366 g/mol. The third-order valence-corrected chi connectivity index (χ3v) is 4.47. The molecule has 1 rings (SSSR count). The number of esters is 3. The minimum Gasteiger partial charge on any atom is -0.463 e. The first-order chi connectivity index (χ1) is 12.1. The molecule has 0 aromatic rings. The molecule has 1 amide bonds. The van der Waals surface area contributed by atoms with Crippen LogP contribution in [0.25, 0.3) is 0 Å². The minimum atomic E-state index is -1.04. The molecular formula is C16H25NO8S. The van der Waals surface area contributed by atoms with E-state index >= 15 is 0 Å². The molecule has 1 fully saturated rings. The third-order valence-electron chi connectivity index (χ3n) is 3.40. The standard InChI is InChI=1S/C16H25NO8S/c1-6-26-16-13(17-8(2)18)15(24-11(5)21)14(23-10(4)20)12(25-16)7-22-9(3)19/h12-16H,6-7H2,1-5H3,(H,17,18)/t12?,13?,14-,15?,16+/m1/s1. The van der Waals surface area contributed by atoms with Crippen molar-refractivity contribution in [3.8, 4) is 0 Å². The number of carbonyl (C=O) groups is 4. The van der Waals surface area contributed by atoms with Gasteiger partial charge in [0.05, 0.1) is 0 Å². The lowest BCUT2D eigenvalue weighted by Crippen LogP contribution is -2.65. The quantitative estimate of drug-likeness (QED) is 0.486. The summed E-state index contributed by atoms with van der Waals surface area (Å²) in [6.45, 7) is 6.70. The topological polar surface area (TPSA) is 117 Å². The summed E-state index contributed by atoms with van der Waals surface area (Å²) >= 11 is 1.38. The third kappa shape index (κ3) is 6.83. The molecule has 0 radical (unpaired) electrons. The van der Waals surface area contributed by atoms with Crippen LogP contribution in [0.15, 0.2) is 0 Å². The second-order valence-corrected chi connectivity index (χ2v) is 7.05. The van der Waals surface area contributed by atoms with Crippen LogP contribution in [0.4, 0.5) is 0 Å². The van der Waals surface area contributed by atoms with Crippen molar-refractivity contribution in [3.05, 3.63) is 0 Å². The van der Waals surface area contributed by atoms with Crippen molar-refractivity contribution in [2.75, 3.05) is 12.4 Å². The Labute approximate surface area is 156 Å². The van der Waals surface area contributed by atoms with E-state index in [0.29, 0.717) is 5.75 Å². The van der Waals surface area contributed by atoms with Crippen molar-refractivity contribution in [1.82, 2.24) is 5.32 Å². The molecule has 0 aromatic heterocycles. The summed E-state index contributed by atoms with van der Waals surface area (Å²) in [4.78, 5) is 45.9. The van der Waals surface area contributed by atoms with E-state index < -0.39 is 47.7 Å². The van der Waals surface area contributed by atoms with E-state index in [2.05, 4.69) is 5.32 Å². The van der Waals surface area contributed by atoms with Gasteiger partial charge in [-0.25, -0.2) is 0 Å². The number of thioether (sulfide) groups is 1. The van der Waals surface area contributed by atoms with Crippen LogP contribution in [0, 0.1) is 0 Å². The van der Waals surface area contributed by atoms with E-state index in [-0.39, 0.29) is 12.5 Å². The maximum atomic E-state index is 11.6. The molecule has 0 saturated carbocycles. The van der Waals surface area contributed by atoms with E-state index in [0.717, 1.165) is 0 Å². The first kappa shape index (κ1) is 22.2. The first-order valence-corrected chi connectivity index (χ1v) is 9.22. The molecule has 3 unspecified atom stereocenters. The van der Waals surface area contributed by atoms with E-state index in [9.17, 15) is 19.2 Å². The number of rotatable bonds is 7. The molecule has 26 heavy (non-hydrogen) atoms. The molecule has 1 N–H and O–H groups in total. The van der Waals surface area contributed by atoms with Crippen molar-refractivity contribution >= 4 is 35.6 Å². The highest BCUT2D eigenvalue weighted by Crippen LogP contribution is 2.32. The summed E-state index contributed by atoms with van der Waals surface area (Å²) in [5.41, 5.74) is -0.583. The van der Waals surface area contributed by atoms with Crippen LogP contribution in [0.5, 0.6) is 0 Å². The average Bonchev–Trinajstić information content (AvgIpc) is 2.50. The average molecular weight is 391 g/mol. The highest BCUT2D eigenvalue weighted by molar-refractivity contribution is 7.99. The second-order valence-electron chi connectivity index (χ2n) is 5.68. The zero-order chi connectivity index (χ0) is 19.9. The van der Waals surface area contributed by atoms with Gasteiger partial charge in [-0.05, 0) is 5.75 Å². The summed E-state index contributed by atoms with van der Waals surface area (Å²) in [5.74, 6) is -1.44. The number of carbonyl (C=O) groups excluding carboxylic acids is 4. The molecule has 0 bridgehead atoms. The van der Waals surface area contributed by atoms with Gasteiger partial charge in [0.2, 0.25) is 5.91 Å². The number of nitrogens with one attached hydrogen (secondary N) is 1. The lowest BCUT2D eigenvalue weighted by molar-refractivity contribution is -0.211. The maximum Gasteiger partial charge on any atom is 0.303 e. The lowest BCUT2D eigenvalue weighted by atomic mass is 9.97. The van der Waals surface area contributed by atoms with Crippen LogP contribution < -0.4 is 5.32 Å². The van der Waals surface area contributed by atoms with Crippen molar-refractivity contribution < 1.29 is 38.1 Å². The molecule has 1 aliphatic rings. The second kappa shape index (κ2) is 10.4. The fraction of sp³-hybridized carbons (Fsp3) is 0.750. The molecule has 0 aliphatic carbocycles. The first-order valence-electron chi connectivity index (χ1n) is 8.17. The predicted molar refractivity (Wildman–Crippen MR) is 92.1 cm³/mol. The van der Waals surface area contributed by atoms with Gasteiger partial charge in [0.25, 0.3) is 0 Å². The number of amides is 1. The van der Waals surface area contributed by atoms with Crippen LogP contribution in [-0.4, -0.2) is 66.0 Å². The fourth-order valence-electron chi connectivity index (χ4n) is 2.60. The fourth-order valence-corrected chi connectivity index (χ4v) is 3.58. The zero-order valence-electron chi connectivity index (χ0n) is 15.5. The van der Waals surface area contributed by atoms with Gasteiger partial charge in [-0.2, -0.15) is 0 Å². The summed E-state index contributed by atoms with van der Waals surface area (Å²) in [5, 5.41) is 2.70. The van der Waals surface area contributed by atoms with Crippen molar-refractivity contribution in [2.24, 2.45) is 0 Å². The van der Waals surface area contributed by atoms with Gasteiger partial charge in [0, 0.05) is 27.7 Å². The van der Waals surface area contributed by atoms with Crippen molar-refractivity contribution in [3.63, 3.8) is 0 Å². The Kier molecular flexibility index (Phi) is 8.86. The zero-order valence-corrected chi connectivity index (χ0v) is 16.3. The van der Waals surface area contributed by atoms with Crippen LogP contribution in [0.2, 0.25) is 0 Å². The van der Waals surface area contributed by atoms with Crippen LogP contribution >= 0.6 is 11.8 Å². The SMILES string of the molecule is CCS[C@@H]1OC(COC(C)=O)[C@@H](OC(C)=O)C(OC(C)=O)C1NC(C)=O. The molecule has 1 aliphatic heterocycles. The monoisotopic (exact) mass is 391 g/mol. The summed E-state index contributed by atoms with van der Waals surface area (Å²) < 4.78 is 21.6. The molecule has 10 heteroatoms. The van der Waals surface area contributed by atoms with Gasteiger partial charge in [0.1, 0.15) is 24.2 Å². The highest BCUT2D eigenvalue weighted by atomic mass is 32.2. The van der Waals surface area contributed by atoms with Crippen LogP contribution in [-0.2, 0) is 38.1 Å². The highest BCUT2D eigenvalue weighted by Gasteiger charge is 2.50. The molecule has 1 saturated heterocycles. The maximum absolute atomic E-state index is 11.6. The van der Waals surface area contributed by atoms with Gasteiger partial charge in [0.15, 0.2) is 12.2 Å². The number of hydrogen-bond acceptors (Lipinski definition) is 9. The Morgan fingerprint density at radius 3 is 2.00 bits per heavy atom.